The highest BCUT2D eigenvalue weighted by atomic mass is 16.8. The zero-order valence-electron chi connectivity index (χ0n) is 14.0. The number of aliphatic hydroxyl groups is 1. The third kappa shape index (κ3) is 3.44. The number of hydrogen-bond donors (Lipinski definition) is 2. The highest BCUT2D eigenvalue weighted by molar-refractivity contribution is 5.96. The number of carbonyl (C=O) groups is 2. The SMILES string of the molecule is COCCOC(=O)OCOc1c2n(ccc1=O)NC1C(O)CCN1C2=O. The molecule has 0 bridgehead atoms. The summed E-state index contributed by atoms with van der Waals surface area (Å²) in [6.07, 6.45) is -0.461. The van der Waals surface area contributed by atoms with Gasteiger partial charge in [-0.2, -0.15) is 0 Å². The van der Waals surface area contributed by atoms with Crippen molar-refractivity contribution in [1.82, 2.24) is 9.58 Å². The maximum atomic E-state index is 12.7. The van der Waals surface area contributed by atoms with Crippen LogP contribution < -0.4 is 15.6 Å². The molecule has 1 fully saturated rings. The van der Waals surface area contributed by atoms with Crippen molar-refractivity contribution in [3.63, 3.8) is 0 Å². The lowest BCUT2D eigenvalue weighted by Gasteiger charge is -2.35. The fraction of sp³-hybridized carbons (Fsp3) is 0.533. The van der Waals surface area contributed by atoms with Crippen LogP contribution in [0.15, 0.2) is 17.1 Å². The Bertz CT molecular complexity index is 749. The molecule has 0 spiro atoms. The first-order valence-corrected chi connectivity index (χ1v) is 7.95. The lowest BCUT2D eigenvalue weighted by molar-refractivity contribution is -0.00509. The van der Waals surface area contributed by atoms with Crippen molar-refractivity contribution in [3.05, 3.63) is 28.2 Å². The van der Waals surface area contributed by atoms with Gasteiger partial charge in [-0.05, 0) is 6.42 Å². The van der Waals surface area contributed by atoms with Crippen LogP contribution in [0.25, 0.3) is 0 Å². The van der Waals surface area contributed by atoms with Crippen LogP contribution in [0.5, 0.6) is 5.75 Å². The summed E-state index contributed by atoms with van der Waals surface area (Å²) in [5.74, 6) is -0.713. The quantitative estimate of drug-likeness (QED) is 0.371. The van der Waals surface area contributed by atoms with Crippen LogP contribution in [0.1, 0.15) is 16.9 Å². The molecule has 0 aliphatic carbocycles. The van der Waals surface area contributed by atoms with Gasteiger partial charge < -0.3 is 34.4 Å². The Balaban J connectivity index is 1.70. The number of ether oxygens (including phenoxy) is 4. The van der Waals surface area contributed by atoms with E-state index in [0.717, 1.165) is 0 Å². The van der Waals surface area contributed by atoms with Gasteiger partial charge in [0.15, 0.2) is 5.69 Å². The number of hydrogen-bond acceptors (Lipinski definition) is 9. The van der Waals surface area contributed by atoms with Gasteiger partial charge in [-0.3, -0.25) is 14.3 Å². The van der Waals surface area contributed by atoms with E-state index in [0.29, 0.717) is 13.0 Å². The normalized spacial score (nSPS) is 20.8. The molecule has 1 aromatic heterocycles. The molecule has 11 nitrogen and oxygen atoms in total. The van der Waals surface area contributed by atoms with Gasteiger partial charge in [-0.1, -0.05) is 0 Å². The summed E-state index contributed by atoms with van der Waals surface area (Å²) >= 11 is 0. The van der Waals surface area contributed by atoms with Crippen molar-refractivity contribution in [1.29, 1.82) is 0 Å². The molecule has 0 saturated carbocycles. The van der Waals surface area contributed by atoms with Crippen molar-refractivity contribution in [2.75, 3.05) is 39.1 Å². The first-order valence-electron chi connectivity index (χ1n) is 7.95. The van der Waals surface area contributed by atoms with Crippen LogP contribution >= 0.6 is 0 Å². The van der Waals surface area contributed by atoms with Crippen molar-refractivity contribution in [2.24, 2.45) is 0 Å². The number of fused-ring (bicyclic) bond motifs is 2. The van der Waals surface area contributed by atoms with E-state index >= 15 is 0 Å². The molecule has 1 amide bonds. The van der Waals surface area contributed by atoms with E-state index in [4.69, 9.17) is 14.2 Å². The van der Waals surface area contributed by atoms with Crippen LogP contribution in [0.3, 0.4) is 0 Å². The van der Waals surface area contributed by atoms with E-state index < -0.39 is 36.6 Å². The van der Waals surface area contributed by atoms with Crippen molar-refractivity contribution < 1.29 is 33.6 Å². The molecule has 2 atom stereocenters. The second kappa shape index (κ2) is 7.62. The number of methoxy groups -OCH3 is 1. The summed E-state index contributed by atoms with van der Waals surface area (Å²) < 4.78 is 20.7. The third-order valence-electron chi connectivity index (χ3n) is 4.04. The smallest absolute Gasteiger partial charge is 0.451 e. The monoisotopic (exact) mass is 369 g/mol. The number of aliphatic hydroxyl groups excluding tert-OH is 1. The Morgan fingerprint density at radius 2 is 2.15 bits per heavy atom. The molecule has 26 heavy (non-hydrogen) atoms. The van der Waals surface area contributed by atoms with E-state index in [2.05, 4.69) is 10.2 Å². The molecule has 1 saturated heterocycles. The summed E-state index contributed by atoms with van der Waals surface area (Å²) in [5, 5.41) is 9.94. The minimum Gasteiger partial charge on any atom is -0.451 e. The van der Waals surface area contributed by atoms with Crippen molar-refractivity contribution in [3.8, 4) is 5.75 Å². The van der Waals surface area contributed by atoms with Crippen LogP contribution in [0, 0.1) is 0 Å². The average molecular weight is 369 g/mol. The lowest BCUT2D eigenvalue weighted by atomic mass is 10.2. The van der Waals surface area contributed by atoms with E-state index in [-0.39, 0.29) is 24.7 Å². The molecule has 0 aromatic carbocycles. The Morgan fingerprint density at radius 1 is 1.35 bits per heavy atom. The van der Waals surface area contributed by atoms with Gasteiger partial charge >= 0.3 is 6.16 Å². The molecule has 0 radical (unpaired) electrons. The number of amides is 1. The minimum absolute atomic E-state index is 0.0137. The zero-order chi connectivity index (χ0) is 18.7. The largest absolute Gasteiger partial charge is 0.511 e. The maximum absolute atomic E-state index is 12.7. The van der Waals surface area contributed by atoms with E-state index in [1.54, 1.807) is 0 Å². The fourth-order valence-corrected chi connectivity index (χ4v) is 2.79. The minimum atomic E-state index is -0.987. The Morgan fingerprint density at radius 3 is 2.92 bits per heavy atom. The third-order valence-corrected chi connectivity index (χ3v) is 4.04. The predicted molar refractivity (Wildman–Crippen MR) is 85.3 cm³/mol. The molecule has 142 valence electrons. The predicted octanol–water partition coefficient (Wildman–Crippen LogP) is -0.926. The second-order valence-corrected chi connectivity index (χ2v) is 5.65. The molecule has 2 aliphatic rings. The van der Waals surface area contributed by atoms with E-state index in [1.807, 2.05) is 0 Å². The first kappa shape index (κ1) is 18.0. The first-order chi connectivity index (χ1) is 12.5. The molecule has 11 heteroatoms. The summed E-state index contributed by atoms with van der Waals surface area (Å²) in [6, 6.07) is 1.20. The van der Waals surface area contributed by atoms with Gasteiger partial charge in [0, 0.05) is 25.9 Å². The molecule has 2 unspecified atom stereocenters. The summed E-state index contributed by atoms with van der Waals surface area (Å²) in [6.45, 7) is -0.0216. The summed E-state index contributed by atoms with van der Waals surface area (Å²) in [4.78, 5) is 37.6. The van der Waals surface area contributed by atoms with Gasteiger partial charge in [0.05, 0.1) is 12.7 Å². The number of nitrogens with one attached hydrogen (secondary N) is 1. The molecule has 2 N–H and O–H groups in total. The van der Waals surface area contributed by atoms with E-state index in [9.17, 15) is 19.5 Å². The van der Waals surface area contributed by atoms with Gasteiger partial charge in [0.25, 0.3) is 5.91 Å². The Kier molecular flexibility index (Phi) is 5.28. The molecule has 1 aromatic rings. The highest BCUT2D eigenvalue weighted by Gasteiger charge is 2.42. The number of carbonyl (C=O) groups excluding carboxylic acids is 2. The molecular formula is C15H19N3O8. The Hall–Kier alpha value is -2.79. The van der Waals surface area contributed by atoms with Gasteiger partial charge in [0.2, 0.25) is 18.0 Å². The fourth-order valence-electron chi connectivity index (χ4n) is 2.79. The standard InChI is InChI=1S/C15H19N3O8/c1-23-6-7-24-15(22)26-8-25-12-9(19)3-5-18-11(12)14(21)17-4-2-10(20)13(17)16-18/h3,5,10,13,16,20H,2,4,6-8H2,1H3. The van der Waals surface area contributed by atoms with Crippen LogP contribution in [-0.2, 0) is 14.2 Å². The molecular weight excluding hydrogens is 350 g/mol. The summed E-state index contributed by atoms with van der Waals surface area (Å²) in [7, 11) is 1.46. The summed E-state index contributed by atoms with van der Waals surface area (Å²) in [5.41, 5.74) is 2.38. The maximum Gasteiger partial charge on any atom is 0.511 e. The average Bonchev–Trinajstić information content (AvgIpc) is 2.99. The topological polar surface area (TPSA) is 129 Å². The van der Waals surface area contributed by atoms with Crippen LogP contribution in [0.4, 0.5) is 4.79 Å². The number of pyridine rings is 1. The van der Waals surface area contributed by atoms with Crippen LogP contribution in [-0.4, -0.2) is 72.7 Å². The molecule has 2 aliphatic heterocycles. The molecule has 3 rings (SSSR count). The van der Waals surface area contributed by atoms with Gasteiger partial charge in [-0.15, -0.1) is 0 Å². The van der Waals surface area contributed by atoms with Crippen LogP contribution in [0.2, 0.25) is 0 Å². The van der Waals surface area contributed by atoms with Gasteiger partial charge in [-0.25, -0.2) is 4.79 Å². The highest BCUT2D eigenvalue weighted by Crippen LogP contribution is 2.26. The van der Waals surface area contributed by atoms with E-state index in [1.165, 1.54) is 28.9 Å². The zero-order valence-corrected chi connectivity index (χ0v) is 14.0. The number of rotatable bonds is 6. The van der Waals surface area contributed by atoms with Crippen molar-refractivity contribution in [2.45, 2.75) is 18.7 Å². The lowest BCUT2D eigenvalue weighted by Crippen LogP contribution is -2.54. The number of aromatic nitrogens is 1. The number of nitrogens with zero attached hydrogens (tertiary/aromatic N) is 2. The Labute approximate surface area is 148 Å². The molecule has 3 heterocycles. The second-order valence-electron chi connectivity index (χ2n) is 5.65. The van der Waals surface area contributed by atoms with Gasteiger partial charge in [0.1, 0.15) is 12.8 Å². The van der Waals surface area contributed by atoms with Crippen molar-refractivity contribution >= 4 is 12.1 Å².